The summed E-state index contributed by atoms with van der Waals surface area (Å²) in [5.41, 5.74) is 3.45. The highest BCUT2D eigenvalue weighted by molar-refractivity contribution is 9.10. The van der Waals surface area contributed by atoms with E-state index in [4.69, 9.17) is 21.2 Å². The zero-order chi connectivity index (χ0) is 10.3. The van der Waals surface area contributed by atoms with Gasteiger partial charge in [-0.05, 0) is 24.3 Å². The maximum absolute atomic E-state index is 8.36. The van der Waals surface area contributed by atoms with Gasteiger partial charge in [0.2, 0.25) is 0 Å². The SMILES string of the molecule is NNc1ccc(Br)cc1.O=[N+]([O-])O. The van der Waals surface area contributed by atoms with Crippen molar-refractivity contribution < 1.29 is 10.3 Å². The van der Waals surface area contributed by atoms with Crippen LogP contribution < -0.4 is 11.3 Å². The molecule has 7 heteroatoms. The van der Waals surface area contributed by atoms with Crippen molar-refractivity contribution >= 4 is 21.6 Å². The topological polar surface area (TPSA) is 101 Å². The molecule has 1 rings (SSSR count). The van der Waals surface area contributed by atoms with Gasteiger partial charge in [0, 0.05) is 10.2 Å². The zero-order valence-electron chi connectivity index (χ0n) is 6.48. The third kappa shape index (κ3) is 7.04. The van der Waals surface area contributed by atoms with E-state index in [-0.39, 0.29) is 0 Å². The molecule has 0 radical (unpaired) electrons. The summed E-state index contributed by atoms with van der Waals surface area (Å²) in [6.07, 6.45) is 0. The van der Waals surface area contributed by atoms with E-state index in [1.54, 1.807) is 0 Å². The molecule has 0 bridgehead atoms. The molecule has 0 saturated heterocycles. The van der Waals surface area contributed by atoms with E-state index in [2.05, 4.69) is 21.4 Å². The summed E-state index contributed by atoms with van der Waals surface area (Å²) in [6, 6.07) is 7.64. The molecule has 4 N–H and O–H groups in total. The first-order valence-electron chi connectivity index (χ1n) is 3.11. The molecule has 0 amide bonds. The van der Waals surface area contributed by atoms with Crippen molar-refractivity contribution in [2.45, 2.75) is 0 Å². The lowest BCUT2D eigenvalue weighted by atomic mass is 10.3. The van der Waals surface area contributed by atoms with Crippen LogP contribution in [-0.4, -0.2) is 10.3 Å². The highest BCUT2D eigenvalue weighted by atomic mass is 79.9. The van der Waals surface area contributed by atoms with Crippen LogP contribution in [0.25, 0.3) is 0 Å². The Bertz CT molecular complexity index is 260. The van der Waals surface area contributed by atoms with Crippen LogP contribution in [0.3, 0.4) is 0 Å². The second-order valence-electron chi connectivity index (χ2n) is 1.89. The number of benzene rings is 1. The zero-order valence-corrected chi connectivity index (χ0v) is 8.06. The summed E-state index contributed by atoms with van der Waals surface area (Å²) in [6.45, 7) is 0. The second-order valence-corrected chi connectivity index (χ2v) is 2.80. The Kier molecular flexibility index (Phi) is 5.57. The molecule has 1 aromatic rings. The average molecular weight is 250 g/mol. The van der Waals surface area contributed by atoms with E-state index in [0.717, 1.165) is 10.2 Å². The molecule has 0 fully saturated rings. The van der Waals surface area contributed by atoms with Crippen molar-refractivity contribution in [1.82, 2.24) is 0 Å². The number of nitrogens with two attached hydrogens (primary N) is 1. The summed E-state index contributed by atoms with van der Waals surface area (Å²) in [5, 5.41) is 13.6. The summed E-state index contributed by atoms with van der Waals surface area (Å²) in [7, 11) is 0. The Hall–Kier alpha value is -1.34. The molecule has 72 valence electrons. The predicted molar refractivity (Wildman–Crippen MR) is 50.7 cm³/mol. The van der Waals surface area contributed by atoms with Crippen molar-refractivity contribution in [1.29, 1.82) is 0 Å². The minimum atomic E-state index is -1.50. The molecule has 0 saturated carbocycles. The monoisotopic (exact) mass is 249 g/mol. The molecular formula is C6H8BrN3O3. The quantitative estimate of drug-likeness (QED) is 0.397. The molecule has 0 heterocycles. The van der Waals surface area contributed by atoms with E-state index < -0.39 is 5.09 Å². The number of nitrogen functional groups attached to an aromatic ring is 1. The lowest BCUT2D eigenvalue weighted by Gasteiger charge is -1.96. The first-order valence-corrected chi connectivity index (χ1v) is 3.91. The summed E-state index contributed by atoms with van der Waals surface area (Å²) in [4.78, 5) is 8.36. The van der Waals surface area contributed by atoms with Crippen molar-refractivity contribution in [2.24, 2.45) is 5.84 Å². The molecule has 0 atom stereocenters. The first kappa shape index (κ1) is 11.7. The van der Waals surface area contributed by atoms with Crippen LogP contribution in [0.2, 0.25) is 0 Å². The molecule has 13 heavy (non-hydrogen) atoms. The van der Waals surface area contributed by atoms with Crippen molar-refractivity contribution in [3.05, 3.63) is 38.9 Å². The summed E-state index contributed by atoms with van der Waals surface area (Å²) in [5.74, 6) is 5.13. The number of anilines is 1. The first-order chi connectivity index (χ1) is 6.06. The van der Waals surface area contributed by atoms with Gasteiger partial charge >= 0.3 is 0 Å². The van der Waals surface area contributed by atoms with Gasteiger partial charge in [-0.15, -0.1) is 10.1 Å². The van der Waals surface area contributed by atoms with E-state index in [9.17, 15) is 0 Å². The van der Waals surface area contributed by atoms with Crippen LogP contribution in [0.15, 0.2) is 28.7 Å². The van der Waals surface area contributed by atoms with Crippen LogP contribution in [0.1, 0.15) is 0 Å². The van der Waals surface area contributed by atoms with Crippen LogP contribution in [-0.2, 0) is 0 Å². The van der Waals surface area contributed by atoms with Gasteiger partial charge in [0.1, 0.15) is 0 Å². The minimum absolute atomic E-state index is 0.915. The Morgan fingerprint density at radius 2 is 1.85 bits per heavy atom. The van der Waals surface area contributed by atoms with Crippen LogP contribution in [0.4, 0.5) is 5.69 Å². The number of nitrogens with zero attached hydrogens (tertiary/aromatic N) is 1. The number of nitrogens with one attached hydrogen (secondary N) is 1. The molecule has 0 unspecified atom stereocenters. The van der Waals surface area contributed by atoms with Gasteiger partial charge in [-0.2, -0.15) is 0 Å². The van der Waals surface area contributed by atoms with Crippen molar-refractivity contribution in [2.75, 3.05) is 5.43 Å². The highest BCUT2D eigenvalue weighted by Crippen LogP contribution is 2.12. The largest absolute Gasteiger partial charge is 0.328 e. The maximum Gasteiger partial charge on any atom is 0.291 e. The average Bonchev–Trinajstić information content (AvgIpc) is 2.05. The van der Waals surface area contributed by atoms with E-state index in [1.807, 2.05) is 24.3 Å². The lowest BCUT2D eigenvalue weighted by molar-refractivity contribution is -0.742. The normalized spacial score (nSPS) is 8.15. The van der Waals surface area contributed by atoms with Crippen molar-refractivity contribution in [3.63, 3.8) is 0 Å². The Morgan fingerprint density at radius 1 is 1.46 bits per heavy atom. The fourth-order valence-corrected chi connectivity index (χ4v) is 0.810. The van der Waals surface area contributed by atoms with E-state index in [0.29, 0.717) is 0 Å². The Balaban J connectivity index is 0.000000310. The number of hydrazine groups is 1. The molecule has 1 aromatic carbocycles. The molecule has 0 spiro atoms. The van der Waals surface area contributed by atoms with Gasteiger partial charge < -0.3 is 10.6 Å². The van der Waals surface area contributed by atoms with Crippen LogP contribution in [0, 0.1) is 10.1 Å². The Labute approximate surface area is 82.6 Å². The number of halogens is 1. The van der Waals surface area contributed by atoms with E-state index >= 15 is 0 Å². The molecule has 6 nitrogen and oxygen atoms in total. The van der Waals surface area contributed by atoms with Gasteiger partial charge in [0.25, 0.3) is 5.09 Å². The second kappa shape index (κ2) is 6.21. The number of hydrogen-bond acceptors (Lipinski definition) is 4. The van der Waals surface area contributed by atoms with Gasteiger partial charge in [0.15, 0.2) is 0 Å². The van der Waals surface area contributed by atoms with Crippen LogP contribution in [0.5, 0.6) is 0 Å². The molecule has 0 aliphatic rings. The van der Waals surface area contributed by atoms with Gasteiger partial charge in [0.05, 0.1) is 0 Å². The maximum atomic E-state index is 8.36. The summed E-state index contributed by atoms with van der Waals surface area (Å²) < 4.78 is 1.06. The van der Waals surface area contributed by atoms with E-state index in [1.165, 1.54) is 0 Å². The number of hydrogen-bond donors (Lipinski definition) is 3. The fourth-order valence-electron chi connectivity index (χ4n) is 0.546. The third-order valence-electron chi connectivity index (χ3n) is 1.01. The van der Waals surface area contributed by atoms with Crippen LogP contribution >= 0.6 is 15.9 Å². The highest BCUT2D eigenvalue weighted by Gasteiger charge is 1.85. The molecule has 0 aliphatic carbocycles. The fraction of sp³-hybridized carbons (Fsp3) is 0. The Morgan fingerprint density at radius 3 is 2.15 bits per heavy atom. The summed E-state index contributed by atoms with van der Waals surface area (Å²) >= 11 is 3.31. The smallest absolute Gasteiger partial charge is 0.291 e. The predicted octanol–water partition coefficient (Wildman–Crippen LogP) is 1.39. The van der Waals surface area contributed by atoms with Gasteiger partial charge in [-0.1, -0.05) is 15.9 Å². The molecule has 0 aliphatic heterocycles. The van der Waals surface area contributed by atoms with Gasteiger partial charge in [-0.25, -0.2) is 0 Å². The third-order valence-corrected chi connectivity index (χ3v) is 1.54. The molecule has 0 aromatic heterocycles. The van der Waals surface area contributed by atoms with Gasteiger partial charge in [-0.3, -0.25) is 5.84 Å². The number of rotatable bonds is 1. The lowest BCUT2D eigenvalue weighted by Crippen LogP contribution is -2.05. The minimum Gasteiger partial charge on any atom is -0.328 e. The van der Waals surface area contributed by atoms with Crippen molar-refractivity contribution in [3.8, 4) is 0 Å². The molecular weight excluding hydrogens is 242 g/mol. The standard InChI is InChI=1S/C6H7BrN2.HNO3/c7-5-1-3-6(9-8)4-2-5;2-1(3)4/h1-4,9H,8H2;(H,2,3,4).